The number of nitrogens with one attached hydrogen (secondary N) is 1. The summed E-state index contributed by atoms with van der Waals surface area (Å²) < 4.78 is 0. The molecule has 1 rings (SSSR count). The maximum Gasteiger partial charge on any atom is -0.00202 e. The molecule has 1 fully saturated rings. The van der Waals surface area contributed by atoms with Crippen LogP contribution in [0.25, 0.3) is 0 Å². The summed E-state index contributed by atoms with van der Waals surface area (Å²) in [5.41, 5.74) is 0.580. The summed E-state index contributed by atoms with van der Waals surface area (Å²) >= 11 is 0. The summed E-state index contributed by atoms with van der Waals surface area (Å²) in [6.45, 7) is 11.9. The van der Waals surface area contributed by atoms with Crippen LogP contribution in [0.2, 0.25) is 0 Å². The van der Waals surface area contributed by atoms with Gasteiger partial charge in [-0.05, 0) is 56.0 Å². The molecule has 0 radical (unpaired) electrons. The molecule has 2 unspecified atom stereocenters. The van der Waals surface area contributed by atoms with Crippen molar-refractivity contribution in [2.24, 2.45) is 17.3 Å². The van der Waals surface area contributed by atoms with Gasteiger partial charge in [0.25, 0.3) is 0 Å². The lowest BCUT2D eigenvalue weighted by molar-refractivity contribution is 0.132. The van der Waals surface area contributed by atoms with E-state index in [1.165, 1.54) is 38.8 Å². The quantitative estimate of drug-likeness (QED) is 0.681. The van der Waals surface area contributed by atoms with E-state index in [-0.39, 0.29) is 0 Å². The predicted octanol–water partition coefficient (Wildman–Crippen LogP) is 3.45. The van der Waals surface area contributed by atoms with Crippen molar-refractivity contribution in [2.75, 3.05) is 13.1 Å². The minimum Gasteiger partial charge on any atom is -0.316 e. The van der Waals surface area contributed by atoms with Crippen molar-refractivity contribution >= 4 is 0 Å². The summed E-state index contributed by atoms with van der Waals surface area (Å²) in [4.78, 5) is 0. The zero-order valence-corrected chi connectivity index (χ0v) is 10.4. The van der Waals surface area contributed by atoms with Gasteiger partial charge < -0.3 is 5.32 Å². The van der Waals surface area contributed by atoms with Crippen LogP contribution >= 0.6 is 0 Å². The van der Waals surface area contributed by atoms with Crippen molar-refractivity contribution in [3.05, 3.63) is 0 Å². The van der Waals surface area contributed by atoms with Gasteiger partial charge in [0.1, 0.15) is 0 Å². The van der Waals surface area contributed by atoms with Crippen LogP contribution in [-0.4, -0.2) is 13.1 Å². The standard InChI is InChI=1S/C13H27N/c1-5-6-14-10-12-7-11(2)8-13(3,4)9-12/h11-12,14H,5-10H2,1-4H3. The van der Waals surface area contributed by atoms with Gasteiger partial charge in [0.15, 0.2) is 0 Å². The maximum absolute atomic E-state index is 3.56. The van der Waals surface area contributed by atoms with Crippen LogP contribution in [0.1, 0.15) is 53.4 Å². The zero-order valence-electron chi connectivity index (χ0n) is 10.4. The van der Waals surface area contributed by atoms with E-state index in [0.717, 1.165) is 11.8 Å². The van der Waals surface area contributed by atoms with E-state index < -0.39 is 0 Å². The minimum absolute atomic E-state index is 0.580. The highest BCUT2D eigenvalue weighted by molar-refractivity contribution is 4.83. The van der Waals surface area contributed by atoms with Crippen LogP contribution < -0.4 is 5.32 Å². The van der Waals surface area contributed by atoms with Crippen LogP contribution in [0.15, 0.2) is 0 Å². The number of rotatable bonds is 4. The summed E-state index contributed by atoms with van der Waals surface area (Å²) in [5, 5.41) is 3.56. The molecule has 1 nitrogen and oxygen atoms in total. The van der Waals surface area contributed by atoms with Crippen LogP contribution in [-0.2, 0) is 0 Å². The van der Waals surface area contributed by atoms with Crippen molar-refractivity contribution in [3.8, 4) is 0 Å². The summed E-state index contributed by atoms with van der Waals surface area (Å²) in [6.07, 6.45) is 5.51. The Hall–Kier alpha value is -0.0400. The molecular formula is C13H27N. The van der Waals surface area contributed by atoms with Gasteiger partial charge in [-0.2, -0.15) is 0 Å². The Bertz CT molecular complexity index is 163. The van der Waals surface area contributed by atoms with Crippen molar-refractivity contribution in [3.63, 3.8) is 0 Å². The molecule has 1 heteroatoms. The Morgan fingerprint density at radius 2 is 2.00 bits per heavy atom. The molecule has 1 N–H and O–H groups in total. The molecular weight excluding hydrogens is 170 g/mol. The smallest absolute Gasteiger partial charge is 0.00202 e. The monoisotopic (exact) mass is 197 g/mol. The Labute approximate surface area is 89.7 Å². The molecule has 0 saturated heterocycles. The van der Waals surface area contributed by atoms with Crippen LogP contribution in [0.4, 0.5) is 0 Å². The van der Waals surface area contributed by atoms with Crippen molar-refractivity contribution in [1.29, 1.82) is 0 Å². The fraction of sp³-hybridized carbons (Fsp3) is 1.00. The summed E-state index contributed by atoms with van der Waals surface area (Å²) in [7, 11) is 0. The van der Waals surface area contributed by atoms with Gasteiger partial charge in [-0.25, -0.2) is 0 Å². The normalized spacial score (nSPS) is 31.7. The molecule has 0 bridgehead atoms. The zero-order chi connectivity index (χ0) is 10.6. The van der Waals surface area contributed by atoms with Crippen molar-refractivity contribution in [2.45, 2.75) is 53.4 Å². The summed E-state index contributed by atoms with van der Waals surface area (Å²) in [5.74, 6) is 1.84. The van der Waals surface area contributed by atoms with Gasteiger partial charge in [-0.3, -0.25) is 0 Å². The maximum atomic E-state index is 3.56. The second-order valence-electron chi connectivity index (χ2n) is 5.98. The molecule has 0 amide bonds. The Morgan fingerprint density at radius 3 is 2.57 bits per heavy atom. The van der Waals surface area contributed by atoms with Crippen LogP contribution in [0.3, 0.4) is 0 Å². The van der Waals surface area contributed by atoms with E-state index in [0.29, 0.717) is 5.41 Å². The summed E-state index contributed by atoms with van der Waals surface area (Å²) in [6, 6.07) is 0. The SMILES string of the molecule is CCCNCC1CC(C)CC(C)(C)C1. The average molecular weight is 197 g/mol. The second kappa shape index (κ2) is 5.16. The van der Waals surface area contributed by atoms with E-state index in [1.54, 1.807) is 0 Å². The Balaban J connectivity index is 2.30. The lowest BCUT2D eigenvalue weighted by atomic mass is 9.68. The van der Waals surface area contributed by atoms with E-state index in [1.807, 2.05) is 0 Å². The molecule has 0 spiro atoms. The highest BCUT2D eigenvalue weighted by Gasteiger charge is 2.31. The molecule has 0 aromatic rings. The lowest BCUT2D eigenvalue weighted by Gasteiger charge is -2.39. The number of hydrogen-bond donors (Lipinski definition) is 1. The van der Waals surface area contributed by atoms with E-state index >= 15 is 0 Å². The first-order valence-corrected chi connectivity index (χ1v) is 6.24. The largest absolute Gasteiger partial charge is 0.316 e. The Kier molecular flexibility index (Phi) is 4.43. The van der Waals surface area contributed by atoms with Gasteiger partial charge in [-0.15, -0.1) is 0 Å². The van der Waals surface area contributed by atoms with Crippen molar-refractivity contribution < 1.29 is 0 Å². The molecule has 1 aliphatic rings. The highest BCUT2D eigenvalue weighted by Crippen LogP contribution is 2.41. The average Bonchev–Trinajstić information content (AvgIpc) is 2.00. The van der Waals surface area contributed by atoms with Gasteiger partial charge in [0, 0.05) is 0 Å². The molecule has 0 heterocycles. The lowest BCUT2D eigenvalue weighted by Crippen LogP contribution is -2.33. The predicted molar refractivity (Wildman–Crippen MR) is 63.4 cm³/mol. The fourth-order valence-corrected chi connectivity index (χ4v) is 3.18. The molecule has 0 aromatic carbocycles. The third-order valence-electron chi connectivity index (χ3n) is 3.34. The Morgan fingerprint density at radius 1 is 1.29 bits per heavy atom. The fourth-order valence-electron chi connectivity index (χ4n) is 3.18. The van der Waals surface area contributed by atoms with Crippen LogP contribution in [0.5, 0.6) is 0 Å². The van der Waals surface area contributed by atoms with Gasteiger partial charge >= 0.3 is 0 Å². The second-order valence-corrected chi connectivity index (χ2v) is 5.98. The van der Waals surface area contributed by atoms with E-state index in [2.05, 4.69) is 33.0 Å². The van der Waals surface area contributed by atoms with Gasteiger partial charge in [0.05, 0.1) is 0 Å². The molecule has 0 aliphatic heterocycles. The third kappa shape index (κ3) is 4.00. The third-order valence-corrected chi connectivity index (χ3v) is 3.34. The first-order chi connectivity index (χ1) is 6.53. The molecule has 84 valence electrons. The van der Waals surface area contributed by atoms with Gasteiger partial charge in [0.2, 0.25) is 0 Å². The highest BCUT2D eigenvalue weighted by atomic mass is 14.9. The molecule has 0 aromatic heterocycles. The van der Waals surface area contributed by atoms with E-state index in [9.17, 15) is 0 Å². The topological polar surface area (TPSA) is 12.0 Å². The molecule has 2 atom stereocenters. The van der Waals surface area contributed by atoms with Crippen molar-refractivity contribution in [1.82, 2.24) is 5.32 Å². The van der Waals surface area contributed by atoms with Crippen LogP contribution in [0, 0.1) is 17.3 Å². The van der Waals surface area contributed by atoms with E-state index in [4.69, 9.17) is 0 Å². The first kappa shape index (κ1) is 12.0. The first-order valence-electron chi connectivity index (χ1n) is 6.24. The molecule has 1 aliphatic carbocycles. The number of hydrogen-bond acceptors (Lipinski definition) is 1. The minimum atomic E-state index is 0.580. The molecule has 14 heavy (non-hydrogen) atoms. The van der Waals surface area contributed by atoms with Gasteiger partial charge in [-0.1, -0.05) is 27.7 Å². The molecule has 1 saturated carbocycles.